The van der Waals surface area contributed by atoms with Gasteiger partial charge in [-0.25, -0.2) is 9.59 Å². The minimum absolute atomic E-state index is 0.0503. The average molecular weight is 310 g/mol. The lowest BCUT2D eigenvalue weighted by molar-refractivity contribution is -0.147. The monoisotopic (exact) mass is 310 g/mol. The van der Waals surface area contributed by atoms with Crippen LogP contribution in [0.4, 0.5) is 0 Å². The summed E-state index contributed by atoms with van der Waals surface area (Å²) in [7, 11) is 0. The number of esters is 2. The highest BCUT2D eigenvalue weighted by atomic mass is 16.6. The number of hydrogen-bond donors (Lipinski definition) is 0. The maximum Gasteiger partial charge on any atom is 0.333 e. The molecular formula is C16H22O6. The average Bonchev–Trinajstić information content (AvgIpc) is 3.39. The summed E-state index contributed by atoms with van der Waals surface area (Å²) in [6, 6.07) is 0. The Morgan fingerprint density at radius 2 is 1.27 bits per heavy atom. The summed E-state index contributed by atoms with van der Waals surface area (Å²) in [4.78, 5) is 23.3. The summed E-state index contributed by atoms with van der Waals surface area (Å²) in [5.74, 6) is -0.787. The summed E-state index contributed by atoms with van der Waals surface area (Å²) >= 11 is 0. The first-order valence-corrected chi connectivity index (χ1v) is 7.47. The van der Waals surface area contributed by atoms with E-state index in [9.17, 15) is 9.59 Å². The van der Waals surface area contributed by atoms with Crippen molar-refractivity contribution in [2.45, 2.75) is 38.9 Å². The van der Waals surface area contributed by atoms with Crippen LogP contribution in [0.2, 0.25) is 0 Å². The van der Waals surface area contributed by atoms with E-state index in [2.05, 4.69) is 0 Å². The minimum Gasteiger partial charge on any atom is -0.459 e. The van der Waals surface area contributed by atoms with E-state index in [1.54, 1.807) is 26.0 Å². The Hall–Kier alpha value is -1.66. The first-order chi connectivity index (χ1) is 10.6. The number of carbonyl (C=O) groups excluding carboxylic acids is 2. The quantitative estimate of drug-likeness (QED) is 0.278. The first-order valence-electron chi connectivity index (χ1n) is 7.47. The van der Waals surface area contributed by atoms with E-state index >= 15 is 0 Å². The smallest absolute Gasteiger partial charge is 0.333 e. The molecule has 2 saturated heterocycles. The van der Waals surface area contributed by atoms with Crippen molar-refractivity contribution in [1.82, 2.24) is 0 Å². The summed E-state index contributed by atoms with van der Waals surface area (Å²) < 4.78 is 20.2. The van der Waals surface area contributed by atoms with Crippen LogP contribution in [-0.4, -0.2) is 50.6 Å². The second kappa shape index (κ2) is 8.10. The van der Waals surface area contributed by atoms with E-state index in [0.29, 0.717) is 11.1 Å². The number of carbonyl (C=O) groups is 2. The molecule has 0 bridgehead atoms. The third-order valence-corrected chi connectivity index (χ3v) is 3.37. The molecule has 2 aliphatic heterocycles. The van der Waals surface area contributed by atoms with Crippen LogP contribution in [-0.2, 0) is 28.5 Å². The molecule has 2 aliphatic rings. The summed E-state index contributed by atoms with van der Waals surface area (Å²) in [5, 5.41) is 0. The number of rotatable bonds is 9. The summed E-state index contributed by atoms with van der Waals surface area (Å²) in [5.41, 5.74) is 1.09. The fraction of sp³-hybridized carbons (Fsp3) is 0.625. The van der Waals surface area contributed by atoms with Crippen LogP contribution in [0.3, 0.4) is 0 Å². The lowest BCUT2D eigenvalue weighted by Crippen LogP contribution is -2.15. The first kappa shape index (κ1) is 16.7. The van der Waals surface area contributed by atoms with Crippen LogP contribution in [0.5, 0.6) is 0 Å². The van der Waals surface area contributed by atoms with Gasteiger partial charge in [-0.1, -0.05) is 12.2 Å². The predicted molar refractivity (Wildman–Crippen MR) is 78.1 cm³/mol. The largest absolute Gasteiger partial charge is 0.459 e. The Bertz CT molecular complexity index is 427. The summed E-state index contributed by atoms with van der Waals surface area (Å²) in [6.07, 6.45) is 5.56. The van der Waals surface area contributed by atoms with Crippen LogP contribution in [0.1, 0.15) is 26.7 Å². The molecule has 0 aromatic rings. The number of epoxide rings is 2. The molecule has 0 saturated carbocycles. The van der Waals surface area contributed by atoms with Crippen molar-refractivity contribution in [1.29, 1.82) is 0 Å². The molecule has 2 atom stereocenters. The zero-order chi connectivity index (χ0) is 15.9. The molecule has 6 heteroatoms. The van der Waals surface area contributed by atoms with Crippen LogP contribution < -0.4 is 0 Å². The van der Waals surface area contributed by atoms with Crippen molar-refractivity contribution in [3.8, 4) is 0 Å². The van der Waals surface area contributed by atoms with Crippen molar-refractivity contribution in [2.24, 2.45) is 0 Å². The summed E-state index contributed by atoms with van der Waals surface area (Å²) in [6.45, 7) is 5.01. The molecule has 6 nitrogen and oxygen atoms in total. The van der Waals surface area contributed by atoms with Gasteiger partial charge in [-0.2, -0.15) is 0 Å². The van der Waals surface area contributed by atoms with E-state index in [1.165, 1.54) is 0 Å². The van der Waals surface area contributed by atoms with E-state index < -0.39 is 11.9 Å². The normalized spacial score (nSPS) is 23.9. The zero-order valence-electron chi connectivity index (χ0n) is 13.0. The molecular weight excluding hydrogens is 288 g/mol. The van der Waals surface area contributed by atoms with Gasteiger partial charge in [0.2, 0.25) is 0 Å². The standard InChI is InChI=1S/C16H22O6/c1-11(3-5-13-9-21-13)15(17)19-7-8-20-16(18)12(2)4-6-14-10-22-14/h3-4,13-14H,5-10H2,1-2H3/b11-3+,12-4+. The van der Waals surface area contributed by atoms with Gasteiger partial charge in [0, 0.05) is 11.1 Å². The molecule has 0 radical (unpaired) electrons. The number of ether oxygens (including phenoxy) is 4. The highest BCUT2D eigenvalue weighted by Crippen LogP contribution is 2.16. The van der Waals surface area contributed by atoms with Gasteiger partial charge >= 0.3 is 11.9 Å². The Morgan fingerprint density at radius 1 is 0.909 bits per heavy atom. The molecule has 2 unspecified atom stereocenters. The SMILES string of the molecule is C/C(=C\CC1CO1)C(=O)OCCOC(=O)/C(C)=C/CC1CO1. The Labute approximate surface area is 130 Å². The topological polar surface area (TPSA) is 77.7 Å². The molecule has 122 valence electrons. The Balaban J connectivity index is 1.56. The fourth-order valence-electron chi connectivity index (χ4n) is 1.69. The lowest BCUT2D eigenvalue weighted by atomic mass is 10.2. The maximum absolute atomic E-state index is 11.6. The van der Waals surface area contributed by atoms with Gasteiger partial charge in [0.15, 0.2) is 0 Å². The molecule has 2 fully saturated rings. The zero-order valence-corrected chi connectivity index (χ0v) is 13.0. The van der Waals surface area contributed by atoms with E-state index in [0.717, 1.165) is 26.1 Å². The second-order valence-corrected chi connectivity index (χ2v) is 5.43. The van der Waals surface area contributed by atoms with Crippen LogP contribution in [0.15, 0.2) is 23.3 Å². The van der Waals surface area contributed by atoms with Gasteiger partial charge in [0.1, 0.15) is 13.2 Å². The van der Waals surface area contributed by atoms with Gasteiger partial charge in [-0.15, -0.1) is 0 Å². The molecule has 2 heterocycles. The van der Waals surface area contributed by atoms with Gasteiger partial charge < -0.3 is 18.9 Å². The minimum atomic E-state index is -0.394. The third-order valence-electron chi connectivity index (χ3n) is 3.37. The third kappa shape index (κ3) is 6.41. The van der Waals surface area contributed by atoms with Crippen LogP contribution in [0, 0.1) is 0 Å². The van der Waals surface area contributed by atoms with Gasteiger partial charge in [-0.05, 0) is 26.7 Å². The van der Waals surface area contributed by atoms with Gasteiger partial charge in [-0.3, -0.25) is 0 Å². The fourth-order valence-corrected chi connectivity index (χ4v) is 1.69. The Morgan fingerprint density at radius 3 is 1.59 bits per heavy atom. The molecule has 0 spiro atoms. The van der Waals surface area contributed by atoms with Crippen molar-refractivity contribution in [3.05, 3.63) is 23.3 Å². The maximum atomic E-state index is 11.6. The molecule has 0 aliphatic carbocycles. The molecule has 0 aromatic carbocycles. The highest BCUT2D eigenvalue weighted by molar-refractivity contribution is 5.88. The highest BCUT2D eigenvalue weighted by Gasteiger charge is 2.22. The second-order valence-electron chi connectivity index (χ2n) is 5.43. The molecule has 22 heavy (non-hydrogen) atoms. The van der Waals surface area contributed by atoms with Crippen molar-refractivity contribution < 1.29 is 28.5 Å². The molecule has 0 aromatic heterocycles. The van der Waals surface area contributed by atoms with E-state index in [4.69, 9.17) is 18.9 Å². The molecule has 0 N–H and O–H groups in total. The van der Waals surface area contributed by atoms with E-state index in [1.807, 2.05) is 0 Å². The Kier molecular flexibility index (Phi) is 6.15. The van der Waals surface area contributed by atoms with Crippen molar-refractivity contribution in [2.75, 3.05) is 26.4 Å². The number of hydrogen-bond acceptors (Lipinski definition) is 6. The van der Waals surface area contributed by atoms with Crippen LogP contribution in [0.25, 0.3) is 0 Å². The lowest BCUT2D eigenvalue weighted by Gasteiger charge is -2.07. The van der Waals surface area contributed by atoms with Crippen LogP contribution >= 0.6 is 0 Å². The predicted octanol–water partition coefficient (Wildman–Crippen LogP) is 1.54. The van der Waals surface area contributed by atoms with Crippen molar-refractivity contribution >= 4 is 11.9 Å². The molecule has 2 rings (SSSR count). The van der Waals surface area contributed by atoms with E-state index in [-0.39, 0.29) is 25.4 Å². The van der Waals surface area contributed by atoms with Gasteiger partial charge in [0.25, 0.3) is 0 Å². The van der Waals surface area contributed by atoms with Gasteiger partial charge in [0.05, 0.1) is 25.4 Å². The molecule has 0 amide bonds. The van der Waals surface area contributed by atoms with Crippen molar-refractivity contribution in [3.63, 3.8) is 0 Å².